The number of aliphatic hydroxyl groups is 3. The zero-order chi connectivity index (χ0) is 53.9. The quantitative estimate of drug-likeness (QED) is 0.104. The van der Waals surface area contributed by atoms with E-state index in [4.69, 9.17) is 37.0 Å². The van der Waals surface area contributed by atoms with Gasteiger partial charge in [0.05, 0.1) is 37.9 Å². The van der Waals surface area contributed by atoms with Gasteiger partial charge in [0, 0.05) is 64.8 Å². The molecule has 0 aromatic heterocycles. The number of carbonyl (C=O) groups excluding carboxylic acids is 1. The monoisotopic (exact) mass is 1080 g/mol. The van der Waals surface area contributed by atoms with Crippen LogP contribution < -0.4 is 51.4 Å². The fraction of sp³-hybridized carbons (Fsp3) is 0.903. The van der Waals surface area contributed by atoms with E-state index in [9.17, 15) is 4.79 Å². The van der Waals surface area contributed by atoms with Gasteiger partial charge in [-0.15, -0.1) is 0 Å². The maximum absolute atomic E-state index is 11.3. The van der Waals surface area contributed by atoms with E-state index >= 15 is 0 Å². The minimum Gasteiger partial charge on any atom is -0.498 e. The van der Waals surface area contributed by atoms with Gasteiger partial charge in [-0.25, -0.2) is 2.74 Å². The topological polar surface area (TPSA) is 115 Å². The van der Waals surface area contributed by atoms with Gasteiger partial charge >= 0.3 is 51.4 Å². The number of ether oxygens (including phenoxy) is 4. The number of Topliss-reactive ketones (excluding diaryl/α,β-unsaturated/α-hetero) is 1. The second-order valence-corrected chi connectivity index (χ2v) is 21.9. The third-order valence-corrected chi connectivity index (χ3v) is 14.6. The summed E-state index contributed by atoms with van der Waals surface area (Å²) in [6.07, 6.45) is 62.1. The molecule has 0 amide bonds. The smallest absolute Gasteiger partial charge is 0.498 e. The molecule has 3 fully saturated rings. The van der Waals surface area contributed by atoms with Gasteiger partial charge in [0.1, 0.15) is 12.8 Å². The molecule has 425 valence electrons. The van der Waals surface area contributed by atoms with Crippen LogP contribution in [0.1, 0.15) is 305 Å². The number of aliphatic hydroxyl groups excluding tert-OH is 3. The molecule has 1 saturated heterocycles. The van der Waals surface area contributed by atoms with Crippen molar-refractivity contribution in [2.75, 3.05) is 46.2 Å². The zero-order valence-electron chi connectivity index (χ0n) is 50.4. The van der Waals surface area contributed by atoms with Crippen LogP contribution in [0.5, 0.6) is 0 Å². The normalized spacial score (nSPS) is 22.6. The number of hydrogen-bond donors (Lipinski definition) is 3. The first kappa shape index (κ1) is 71.7. The summed E-state index contributed by atoms with van der Waals surface area (Å²) in [4.78, 5) is 11.3. The molecule has 3 N–H and O–H groups in total. The van der Waals surface area contributed by atoms with Crippen LogP contribution in [0.2, 0.25) is 6.82 Å². The van der Waals surface area contributed by atoms with Gasteiger partial charge < -0.3 is 41.6 Å². The fourth-order valence-corrected chi connectivity index (χ4v) is 10.3. The van der Waals surface area contributed by atoms with Crippen LogP contribution in [0, 0.1) is 7.38 Å². The van der Waals surface area contributed by atoms with E-state index in [1.807, 2.05) is 13.8 Å². The maximum Gasteiger partial charge on any atom is 1.00 e. The van der Waals surface area contributed by atoms with Crippen molar-refractivity contribution < 1.29 is 93.2 Å². The number of ketones is 1. The van der Waals surface area contributed by atoms with Crippen LogP contribution in [-0.2, 0) is 23.7 Å². The average molecular weight is 1080 g/mol. The first-order valence-corrected chi connectivity index (χ1v) is 31.5. The summed E-state index contributed by atoms with van der Waals surface area (Å²) in [5.41, 5.74) is 1.66. The molecule has 2 saturated carbocycles. The van der Waals surface area contributed by atoms with Gasteiger partial charge in [-0.1, -0.05) is 174 Å². The number of hydrogen-bond acceptors (Lipinski definition) is 8. The van der Waals surface area contributed by atoms with Crippen molar-refractivity contribution in [1.82, 2.24) is 0 Å². The Balaban J connectivity index is 0. The molecule has 1 radical (unpaired) electrons. The Hall–Kier alpha value is 0.681. The van der Waals surface area contributed by atoms with Crippen LogP contribution in [-0.4, -0.2) is 80.1 Å². The van der Waals surface area contributed by atoms with Gasteiger partial charge in [-0.2, -0.15) is 9.12 Å². The second-order valence-electron chi connectivity index (χ2n) is 21.3. The van der Waals surface area contributed by atoms with E-state index in [-0.39, 0.29) is 77.0 Å². The molecule has 1 spiro atoms. The largest absolute Gasteiger partial charge is 1.00 e. The van der Waals surface area contributed by atoms with E-state index in [0.717, 1.165) is 84.0 Å². The first-order valence-electron chi connectivity index (χ1n) is 32.0. The molecule has 0 aromatic rings. The predicted octanol–water partition coefficient (Wildman–Crippen LogP) is 14.8. The molecule has 2 heterocycles. The molecule has 11 heteroatoms. The van der Waals surface area contributed by atoms with Crippen LogP contribution in [0.3, 0.4) is 0 Å². The summed E-state index contributed by atoms with van der Waals surface area (Å²) >= 11 is 0. The van der Waals surface area contributed by atoms with Gasteiger partial charge in [0.25, 0.3) is 0 Å². The third-order valence-electron chi connectivity index (χ3n) is 14.6. The van der Waals surface area contributed by atoms with Crippen LogP contribution >= 0.6 is 9.12 Å². The Morgan fingerprint density at radius 3 is 1.34 bits per heavy atom. The molecule has 0 aromatic carbocycles. The van der Waals surface area contributed by atoms with Crippen molar-refractivity contribution in [1.29, 1.82) is 0 Å². The van der Waals surface area contributed by atoms with Crippen LogP contribution in [0.25, 0.3) is 0 Å². The Kier molecular flexibility index (Phi) is 59.2. The Labute approximate surface area is 502 Å². The Morgan fingerprint density at radius 1 is 0.534 bits per heavy atom. The maximum atomic E-state index is 11.3. The first-order chi connectivity index (χ1) is 36.4. The Bertz CT molecular complexity index is 1170. The van der Waals surface area contributed by atoms with Crippen molar-refractivity contribution in [2.45, 2.75) is 314 Å². The number of rotatable bonds is 6. The fourth-order valence-electron chi connectivity index (χ4n) is 10.3. The molecule has 73 heavy (non-hydrogen) atoms. The SMILES string of the molecule is C1CCCCCC2(CCCCC1)OCCCO2.C1CCCCCC2=C(CCCC1)CCCO2.C[B]P.O=C1CCCCCCCCCCC1.OCCCO.OCCCO/C1=C/CCCCCCCCCC1.[2H][CH-][2H].[K+]. The third kappa shape index (κ3) is 49.5. The summed E-state index contributed by atoms with van der Waals surface area (Å²) in [6.45, 7) is 7.74. The average Bonchev–Trinajstić information content (AvgIpc) is 3.39. The molecule has 1 atom stereocenters. The van der Waals surface area contributed by atoms with Crippen LogP contribution in [0.15, 0.2) is 23.2 Å². The molecular formula is C62H120BKO8P. The van der Waals surface area contributed by atoms with E-state index in [2.05, 4.69) is 15.2 Å². The van der Waals surface area contributed by atoms with Crippen LogP contribution in [0.4, 0.5) is 0 Å². The summed E-state index contributed by atoms with van der Waals surface area (Å²) in [6, 6.07) is 0. The standard InChI is InChI=1S/2C15H28O2.C15H26O.C12H22O.C3H8O2.CH5BP.CH3.K/c1-2-4-6-8-11-15(12-9-7-5-3-1)16-13-10-14-17-15;16-13-10-14-17-15-11-8-6-4-2-1-3-5-7-9-12-15;1-2-4-6-8-12-15-14(10-7-5-3-1)11-9-13-16-15;13-12-10-8-6-4-2-1-3-5-7-9-11-12;4-2-1-3-5;1-2-3;;/h1-14H2;11,16H,1-10,12-14H2;1-13H2;1-11H2;4-5H,1-3H2;3H2,1H3;1H3;/q;;;;;;-1;+1/b;15-11+;;;;;;/i;;;;;;1D2;. The Morgan fingerprint density at radius 2 is 0.904 bits per heavy atom. The van der Waals surface area contributed by atoms with E-state index in [0.29, 0.717) is 26.2 Å². The molecular weight excluding hydrogens is 954 g/mol. The van der Waals surface area contributed by atoms with E-state index in [1.165, 1.54) is 243 Å². The van der Waals surface area contributed by atoms with Gasteiger partial charge in [0.2, 0.25) is 0 Å². The number of allylic oxidation sites excluding steroid dienone is 4. The van der Waals surface area contributed by atoms with E-state index in [1.54, 1.807) is 5.57 Å². The summed E-state index contributed by atoms with van der Waals surface area (Å²) < 4.78 is 35.1. The molecule has 0 bridgehead atoms. The number of carbonyl (C=O) groups is 1. The van der Waals surface area contributed by atoms with Crippen molar-refractivity contribution in [2.24, 2.45) is 0 Å². The van der Waals surface area contributed by atoms with E-state index < -0.39 is 0 Å². The molecule has 8 nitrogen and oxygen atoms in total. The minimum absolute atomic E-state index is 0. The summed E-state index contributed by atoms with van der Waals surface area (Å²) in [5, 5.41) is 24.6. The second kappa shape index (κ2) is 60.3. The van der Waals surface area contributed by atoms with Gasteiger partial charge in [0.15, 0.2) is 5.79 Å². The predicted molar refractivity (Wildman–Crippen MR) is 313 cm³/mol. The van der Waals surface area contributed by atoms with Gasteiger partial charge in [-0.3, -0.25) is 4.79 Å². The van der Waals surface area contributed by atoms with Crippen molar-refractivity contribution in [3.8, 4) is 0 Å². The minimum atomic E-state index is -0.197. The van der Waals surface area contributed by atoms with Crippen molar-refractivity contribution in [3.63, 3.8) is 0 Å². The summed E-state index contributed by atoms with van der Waals surface area (Å²) in [5.74, 6) is 2.85. The molecule has 4 aliphatic carbocycles. The molecule has 1 unspecified atom stereocenters. The molecule has 6 rings (SSSR count). The zero-order valence-corrected chi connectivity index (χ0v) is 52.7. The van der Waals surface area contributed by atoms with Gasteiger partial charge in [-0.05, 0) is 102 Å². The van der Waals surface area contributed by atoms with Crippen molar-refractivity contribution in [3.05, 3.63) is 30.5 Å². The van der Waals surface area contributed by atoms with Crippen molar-refractivity contribution >= 4 is 21.9 Å². The molecule has 2 aliphatic heterocycles. The molecule has 6 aliphatic rings. The summed E-state index contributed by atoms with van der Waals surface area (Å²) in [7, 11) is 2.95.